The first-order valence-electron chi connectivity index (χ1n) is 10.7. The number of aromatic nitrogens is 2. The Bertz CT molecular complexity index is 1500. The van der Waals surface area contributed by atoms with E-state index in [0.29, 0.717) is 22.0 Å². The van der Waals surface area contributed by atoms with Crippen molar-refractivity contribution in [3.63, 3.8) is 0 Å². The summed E-state index contributed by atoms with van der Waals surface area (Å²) in [6, 6.07) is 21.4. The second kappa shape index (κ2) is 10.3. The number of hydrogen-bond donors (Lipinski definition) is 2. The highest BCUT2D eigenvalue weighted by molar-refractivity contribution is 7.89. The SMILES string of the molecule is CC(OC(=O)c1cn(-c2ccccc2)nc1-c1ccc(Cl)cc1)C(=O)Nc1ccc(S(N)(=O)=O)cc1. The molecule has 1 aromatic heterocycles. The molecule has 0 saturated heterocycles. The molecule has 4 aromatic rings. The zero-order chi connectivity index (χ0) is 25.9. The maximum absolute atomic E-state index is 13.1. The number of nitrogens with zero attached hydrogens (tertiary/aromatic N) is 2. The number of amides is 1. The summed E-state index contributed by atoms with van der Waals surface area (Å²) in [7, 11) is -3.86. The van der Waals surface area contributed by atoms with Gasteiger partial charge < -0.3 is 10.1 Å². The molecule has 1 heterocycles. The van der Waals surface area contributed by atoms with Crippen LogP contribution in [0.2, 0.25) is 5.02 Å². The number of rotatable bonds is 7. The maximum Gasteiger partial charge on any atom is 0.342 e. The van der Waals surface area contributed by atoms with Gasteiger partial charge in [-0.05, 0) is 55.5 Å². The monoisotopic (exact) mass is 524 g/mol. The Morgan fingerprint density at radius 2 is 1.64 bits per heavy atom. The van der Waals surface area contributed by atoms with Crippen LogP contribution < -0.4 is 10.5 Å². The standard InChI is InChI=1S/C25H21ClN4O5S/c1-16(24(31)28-19-11-13-21(14-12-19)36(27,33)34)35-25(32)22-15-30(20-5-3-2-4-6-20)29-23(22)17-7-9-18(26)10-8-17/h2-16H,1H3,(H,28,31)(H2,27,33,34). The summed E-state index contributed by atoms with van der Waals surface area (Å²) in [6.45, 7) is 1.43. The number of primary sulfonamides is 1. The van der Waals surface area contributed by atoms with Gasteiger partial charge in [-0.15, -0.1) is 0 Å². The second-order valence-electron chi connectivity index (χ2n) is 7.78. The van der Waals surface area contributed by atoms with Crippen LogP contribution in [0.1, 0.15) is 17.3 Å². The molecule has 4 rings (SSSR count). The third-order valence-corrected chi connectivity index (χ3v) is 6.36. The van der Waals surface area contributed by atoms with E-state index in [1.165, 1.54) is 37.4 Å². The maximum atomic E-state index is 13.1. The molecule has 3 aromatic carbocycles. The number of carbonyl (C=O) groups is 2. The van der Waals surface area contributed by atoms with Crippen molar-refractivity contribution >= 4 is 39.2 Å². The molecule has 0 aliphatic rings. The molecule has 0 bridgehead atoms. The average Bonchev–Trinajstić information content (AvgIpc) is 3.30. The zero-order valence-electron chi connectivity index (χ0n) is 19.0. The van der Waals surface area contributed by atoms with Crippen LogP contribution >= 0.6 is 11.6 Å². The summed E-state index contributed by atoms with van der Waals surface area (Å²) in [4.78, 5) is 25.6. The van der Waals surface area contributed by atoms with Gasteiger partial charge in [0.15, 0.2) is 6.10 Å². The molecule has 0 radical (unpaired) electrons. The highest BCUT2D eigenvalue weighted by Gasteiger charge is 2.24. The summed E-state index contributed by atoms with van der Waals surface area (Å²) in [5.41, 5.74) is 2.23. The van der Waals surface area contributed by atoms with Gasteiger partial charge in [-0.1, -0.05) is 41.9 Å². The van der Waals surface area contributed by atoms with Crippen LogP contribution in [-0.4, -0.2) is 36.2 Å². The van der Waals surface area contributed by atoms with E-state index in [1.54, 1.807) is 28.9 Å². The van der Waals surface area contributed by atoms with Gasteiger partial charge in [0.05, 0.1) is 10.6 Å². The number of para-hydroxylation sites is 1. The smallest absolute Gasteiger partial charge is 0.342 e. The lowest BCUT2D eigenvalue weighted by atomic mass is 10.1. The Morgan fingerprint density at radius 1 is 1.00 bits per heavy atom. The number of sulfonamides is 1. The van der Waals surface area contributed by atoms with Gasteiger partial charge >= 0.3 is 5.97 Å². The fourth-order valence-electron chi connectivity index (χ4n) is 3.31. The minimum absolute atomic E-state index is 0.0925. The first-order chi connectivity index (χ1) is 17.1. The van der Waals surface area contributed by atoms with E-state index >= 15 is 0 Å². The van der Waals surface area contributed by atoms with Crippen LogP contribution in [-0.2, 0) is 19.6 Å². The predicted octanol–water partition coefficient (Wildman–Crippen LogP) is 4.02. The van der Waals surface area contributed by atoms with Crippen LogP contribution in [0.25, 0.3) is 16.9 Å². The predicted molar refractivity (Wildman–Crippen MR) is 135 cm³/mol. The van der Waals surface area contributed by atoms with Crippen molar-refractivity contribution in [2.75, 3.05) is 5.32 Å². The normalized spacial score (nSPS) is 12.1. The lowest BCUT2D eigenvalue weighted by Crippen LogP contribution is -2.30. The molecular formula is C25H21ClN4O5S. The van der Waals surface area contributed by atoms with Crippen LogP contribution in [0.15, 0.2) is 90.0 Å². The summed E-state index contributed by atoms with van der Waals surface area (Å²) in [5, 5.41) is 12.8. The van der Waals surface area contributed by atoms with Crippen LogP contribution in [0.3, 0.4) is 0 Å². The zero-order valence-corrected chi connectivity index (χ0v) is 20.5. The second-order valence-corrected chi connectivity index (χ2v) is 9.78. The molecule has 0 spiro atoms. The van der Waals surface area contributed by atoms with E-state index in [9.17, 15) is 18.0 Å². The van der Waals surface area contributed by atoms with E-state index in [1.807, 2.05) is 30.3 Å². The number of hydrogen-bond acceptors (Lipinski definition) is 6. The van der Waals surface area contributed by atoms with Crippen molar-refractivity contribution in [2.45, 2.75) is 17.9 Å². The van der Waals surface area contributed by atoms with Gasteiger partial charge in [-0.2, -0.15) is 5.10 Å². The quantitative estimate of drug-likeness (QED) is 0.351. The third kappa shape index (κ3) is 5.80. The number of benzene rings is 3. The fraction of sp³-hybridized carbons (Fsp3) is 0.0800. The molecule has 9 nitrogen and oxygen atoms in total. The minimum atomic E-state index is -3.86. The van der Waals surface area contributed by atoms with E-state index < -0.39 is 28.0 Å². The van der Waals surface area contributed by atoms with Gasteiger partial charge in [-0.25, -0.2) is 23.0 Å². The molecule has 3 N–H and O–H groups in total. The number of carbonyl (C=O) groups excluding carboxylic acids is 2. The van der Waals surface area contributed by atoms with Crippen molar-refractivity contribution in [3.05, 3.63) is 95.6 Å². The first kappa shape index (κ1) is 25.1. The average molecular weight is 525 g/mol. The lowest BCUT2D eigenvalue weighted by Gasteiger charge is -2.13. The molecule has 0 aliphatic heterocycles. The Hall–Kier alpha value is -3.99. The van der Waals surface area contributed by atoms with Crippen LogP contribution in [0.5, 0.6) is 0 Å². The van der Waals surface area contributed by atoms with E-state index in [4.69, 9.17) is 21.5 Å². The van der Waals surface area contributed by atoms with Crippen molar-refractivity contribution in [1.82, 2.24) is 9.78 Å². The Labute approximate surface area is 212 Å². The summed E-state index contributed by atoms with van der Waals surface area (Å²) >= 11 is 6.01. The number of anilines is 1. The van der Waals surface area contributed by atoms with Gasteiger partial charge in [-0.3, -0.25) is 4.79 Å². The number of ether oxygens (including phenoxy) is 1. The molecule has 36 heavy (non-hydrogen) atoms. The molecule has 1 atom stereocenters. The lowest BCUT2D eigenvalue weighted by molar-refractivity contribution is -0.123. The molecular weight excluding hydrogens is 504 g/mol. The van der Waals surface area contributed by atoms with Gasteiger partial charge in [0.25, 0.3) is 5.91 Å². The molecule has 11 heteroatoms. The van der Waals surface area contributed by atoms with Crippen LogP contribution in [0, 0.1) is 0 Å². The fourth-order valence-corrected chi connectivity index (χ4v) is 3.95. The van der Waals surface area contributed by atoms with Gasteiger partial charge in [0, 0.05) is 22.5 Å². The van der Waals surface area contributed by atoms with E-state index in [0.717, 1.165) is 5.69 Å². The topological polar surface area (TPSA) is 133 Å². The Kier molecular flexibility index (Phi) is 7.20. The van der Waals surface area contributed by atoms with Crippen molar-refractivity contribution in [3.8, 4) is 16.9 Å². The molecule has 1 unspecified atom stereocenters. The van der Waals surface area contributed by atoms with Gasteiger partial charge in [0.1, 0.15) is 11.3 Å². The highest BCUT2D eigenvalue weighted by Crippen LogP contribution is 2.26. The molecule has 1 amide bonds. The number of nitrogens with one attached hydrogen (secondary N) is 1. The number of esters is 1. The van der Waals surface area contributed by atoms with Crippen molar-refractivity contribution < 1.29 is 22.7 Å². The molecule has 0 fully saturated rings. The third-order valence-electron chi connectivity index (χ3n) is 5.18. The number of halogens is 1. The Balaban J connectivity index is 1.55. The molecule has 0 saturated carbocycles. The van der Waals surface area contributed by atoms with Gasteiger partial charge in [0.2, 0.25) is 10.0 Å². The minimum Gasteiger partial charge on any atom is -0.449 e. The van der Waals surface area contributed by atoms with Crippen molar-refractivity contribution in [2.24, 2.45) is 5.14 Å². The summed E-state index contributed by atoms with van der Waals surface area (Å²) in [5.74, 6) is -1.34. The van der Waals surface area contributed by atoms with Crippen molar-refractivity contribution in [1.29, 1.82) is 0 Å². The Morgan fingerprint density at radius 3 is 2.25 bits per heavy atom. The summed E-state index contributed by atoms with van der Waals surface area (Å²) < 4.78 is 29.8. The molecule has 0 aliphatic carbocycles. The summed E-state index contributed by atoms with van der Waals surface area (Å²) in [6.07, 6.45) is 0.381. The first-order valence-corrected chi connectivity index (χ1v) is 12.6. The molecule has 184 valence electrons. The van der Waals surface area contributed by atoms with Crippen LogP contribution in [0.4, 0.5) is 5.69 Å². The number of nitrogens with two attached hydrogens (primary N) is 1. The van der Waals surface area contributed by atoms with E-state index in [2.05, 4.69) is 10.4 Å². The van der Waals surface area contributed by atoms with E-state index in [-0.39, 0.29) is 10.5 Å². The highest BCUT2D eigenvalue weighted by atomic mass is 35.5. The largest absolute Gasteiger partial charge is 0.449 e.